The lowest BCUT2D eigenvalue weighted by Crippen LogP contribution is -2.63. The van der Waals surface area contributed by atoms with Gasteiger partial charge in [-0.15, -0.1) is 0 Å². The van der Waals surface area contributed by atoms with Crippen molar-refractivity contribution in [2.75, 3.05) is 13.2 Å². The molecule has 0 aliphatic rings. The molecule has 662 valence electrons. The van der Waals surface area contributed by atoms with E-state index in [0.29, 0.717) is 42.6 Å². The lowest BCUT2D eigenvalue weighted by atomic mass is 10.4. The SMILES string of the molecule is C=C(C)C(=O)OCCC[Si](O[Si](C)(C)CC[SiH2]O[Si](C)(C)C)(O[Si](C)(C)CC[SiH2]O[Si](C)(C)C)O[Si](C)(C)CC[Si](O[Si](C)(C)C)(O[Si](C)(C)C)O[Si](C)(C)C.C=CC(=O)OCCC[Si](O[Si](C)(C)CC[SiH2]O[Si](C)(C)C)(O[Si](C)(C)CC[SiH2]O[Si](C)(C)C)O[Si](C)(C)CC[Si](O[Si](C)(C)C)(O[Si](C)(C)C)O[Si](C)(C)C. The molecule has 0 fully saturated rings. The molecule has 20 nitrogen and oxygen atoms in total. The lowest BCUT2D eigenvalue weighted by Gasteiger charge is -2.46. The predicted molar refractivity (Wildman–Crippen MR) is 536 cm³/mol. The van der Waals surface area contributed by atoms with Crippen LogP contribution in [0.2, 0.25) is 360 Å². The molecule has 0 aliphatic carbocycles. The number of esters is 2. The van der Waals surface area contributed by atoms with E-state index in [4.69, 9.17) is 75.3 Å². The van der Waals surface area contributed by atoms with Crippen molar-refractivity contribution < 1.29 is 84.9 Å². The maximum absolute atomic E-state index is 12.4. The summed E-state index contributed by atoms with van der Waals surface area (Å²) in [5.74, 6) is -0.783. The number of carbonyl (C=O) groups is 2. The van der Waals surface area contributed by atoms with Crippen molar-refractivity contribution in [2.24, 2.45) is 0 Å². The van der Waals surface area contributed by atoms with Gasteiger partial charge in [0.1, 0.15) is 39.1 Å². The second-order valence-corrected chi connectivity index (χ2v) is 137. The molecule has 0 heterocycles. The first kappa shape index (κ1) is 116. The second-order valence-electron chi connectivity index (χ2n) is 43.9. The fourth-order valence-electron chi connectivity index (χ4n) is 12.0. The van der Waals surface area contributed by atoms with E-state index < -0.39 is 213 Å². The smallest absolute Gasteiger partial charge is 0.463 e. The van der Waals surface area contributed by atoms with Crippen molar-refractivity contribution in [3.8, 4) is 0 Å². The third kappa shape index (κ3) is 64.4. The topological polar surface area (TPSA) is 200 Å². The van der Waals surface area contributed by atoms with Gasteiger partial charge in [-0.3, -0.25) is 0 Å². The molecule has 0 saturated heterocycles. The van der Waals surface area contributed by atoms with Gasteiger partial charge in [-0.1, -0.05) is 13.2 Å². The zero-order valence-corrected chi connectivity index (χ0v) is 106. The molecule has 0 amide bonds. The summed E-state index contributed by atoms with van der Waals surface area (Å²) in [6, 6.07) is 12.6. The number of hydrogen-bond acceptors (Lipinski definition) is 20. The van der Waals surface area contributed by atoms with Gasteiger partial charge in [-0.2, -0.15) is 0 Å². The van der Waals surface area contributed by atoms with Crippen molar-refractivity contribution >= 4 is 219 Å². The van der Waals surface area contributed by atoms with Gasteiger partial charge >= 0.3 is 47.2 Å². The van der Waals surface area contributed by atoms with E-state index in [9.17, 15) is 9.59 Å². The Labute approximate surface area is 715 Å². The minimum Gasteiger partial charge on any atom is -0.463 e. The highest BCUT2D eigenvalue weighted by molar-refractivity contribution is 6.96. The summed E-state index contributed by atoms with van der Waals surface area (Å²) in [5.41, 5.74) is 0.400. The highest BCUT2D eigenvalue weighted by Gasteiger charge is 2.58. The van der Waals surface area contributed by atoms with Crippen LogP contribution in [0.15, 0.2) is 24.8 Å². The van der Waals surface area contributed by atoms with E-state index in [1.165, 1.54) is 6.08 Å². The molecule has 0 atom stereocenters. The Balaban J connectivity index is 0. The molecule has 0 aromatic heterocycles. The first-order valence-corrected chi connectivity index (χ1v) is 108. The lowest BCUT2D eigenvalue weighted by molar-refractivity contribution is -0.139. The van der Waals surface area contributed by atoms with Crippen molar-refractivity contribution in [1.29, 1.82) is 0 Å². The predicted octanol–water partition coefficient (Wildman–Crippen LogP) is 20.2. The van der Waals surface area contributed by atoms with E-state index in [2.05, 4.69) is 288 Å². The molecular weight excluding hydrogens is 1800 g/mol. The maximum atomic E-state index is 12.4. The fraction of sp³-hybridized carbons (Fsp3) is 0.910. The monoisotopic (exact) mass is 1970 g/mol. The normalized spacial score (nSPS) is 16.0. The zero-order chi connectivity index (χ0) is 87.7. The summed E-state index contributed by atoms with van der Waals surface area (Å²) < 4.78 is 125. The number of ether oxygens (including phenoxy) is 2. The van der Waals surface area contributed by atoms with Crippen LogP contribution in [-0.2, 0) is 84.9 Å². The van der Waals surface area contributed by atoms with Gasteiger partial charge in [0.2, 0.25) is 0 Å². The van der Waals surface area contributed by atoms with Crippen LogP contribution in [0, 0.1) is 0 Å². The Morgan fingerprint density at radius 3 is 0.631 bits per heavy atom. The van der Waals surface area contributed by atoms with Crippen LogP contribution < -0.4 is 0 Å². The molecule has 111 heavy (non-hydrogen) atoms. The minimum absolute atomic E-state index is 0.268. The summed E-state index contributed by atoms with van der Waals surface area (Å²) in [4.78, 5) is 24.5. The third-order valence-corrected chi connectivity index (χ3v) is 94.7. The summed E-state index contributed by atoms with van der Waals surface area (Å²) >= 11 is 0. The van der Waals surface area contributed by atoms with Crippen LogP contribution in [0.5, 0.6) is 0 Å². The van der Waals surface area contributed by atoms with Crippen LogP contribution in [-0.4, -0.2) is 233 Å². The molecule has 0 rings (SSSR count). The molecule has 0 saturated carbocycles. The van der Waals surface area contributed by atoms with Crippen LogP contribution >= 0.6 is 0 Å². The molecule has 0 aliphatic heterocycles. The molecule has 0 radical (unpaired) electrons. The van der Waals surface area contributed by atoms with E-state index in [-0.39, 0.29) is 19.2 Å². The minimum atomic E-state index is -3.37. The average molecular weight is 1980 g/mol. The quantitative estimate of drug-likeness (QED) is 0.0241. The van der Waals surface area contributed by atoms with Crippen molar-refractivity contribution in [3.63, 3.8) is 0 Å². The summed E-state index contributed by atoms with van der Waals surface area (Å²) in [7, 11) is -48.4. The molecule has 0 N–H and O–H groups in total. The van der Waals surface area contributed by atoms with E-state index in [1.807, 2.05) is 0 Å². The standard InChI is InChI=1S/C34H90O10Si12.C33H88O10Si12/c1-33(2)34(35)36-25-24-28-55(42-52(18,19)29-26-45-37-47(3,4)5,43-53(20,21)30-27-46-38-48(6,7)8)44-54(22,23)31-32-56(39-49(9,10)11,40-50(12,13)14)41-51(15,16)17;1-23-33(34)35-25-24-28-54(41-51(17,18)29-26-44-36-46(2,3)4,42-52(19,20)30-27-45-37-47(5,6)7)43-53(21,22)31-32-55(38-48(8,9)10,39-49(11,12)13)40-50(14,15)16/h1,24-32,45-46H2,2-23H3;23H,1,24-32,44-45H2,2-22H3. The highest BCUT2D eigenvalue weighted by atomic mass is 28.5. The number of carbonyl (C=O) groups excluding carboxylic acids is 2. The largest absolute Gasteiger partial charge is 0.469 e. The van der Waals surface area contributed by atoms with Crippen molar-refractivity contribution in [3.05, 3.63) is 24.8 Å². The van der Waals surface area contributed by atoms with Crippen LogP contribution in [0.4, 0.5) is 0 Å². The molecule has 0 unspecified atom stereocenters. The van der Waals surface area contributed by atoms with Gasteiger partial charge < -0.3 is 75.3 Å². The van der Waals surface area contributed by atoms with Gasteiger partial charge in [0.25, 0.3) is 0 Å². The van der Waals surface area contributed by atoms with Gasteiger partial charge in [0.15, 0.2) is 133 Å². The Kier molecular flexibility index (Phi) is 49.5. The zero-order valence-electron chi connectivity index (χ0n) is 80.2. The Hall–Kier alpha value is 2.99. The molecule has 44 heteroatoms. The van der Waals surface area contributed by atoms with Gasteiger partial charge in [0, 0.05) is 35.8 Å². The Morgan fingerprint density at radius 1 is 0.261 bits per heavy atom. The summed E-state index contributed by atoms with van der Waals surface area (Å²) in [5, 5.41) is 0. The number of rotatable bonds is 60. The van der Waals surface area contributed by atoms with Gasteiger partial charge in [-0.25, -0.2) is 9.59 Å². The number of hydrogen-bond donors (Lipinski definition) is 0. The average Bonchev–Trinajstić information content (AvgIpc) is 0.794. The van der Waals surface area contributed by atoms with E-state index in [1.54, 1.807) is 6.92 Å². The molecular formula is C67H178O20Si24. The van der Waals surface area contributed by atoms with Crippen LogP contribution in [0.3, 0.4) is 0 Å². The van der Waals surface area contributed by atoms with Crippen molar-refractivity contribution in [2.45, 2.75) is 379 Å². The van der Waals surface area contributed by atoms with E-state index >= 15 is 0 Å². The first-order chi connectivity index (χ1) is 49.0. The van der Waals surface area contributed by atoms with Crippen LogP contribution in [0.25, 0.3) is 0 Å². The third-order valence-electron chi connectivity index (χ3n) is 15.5. The van der Waals surface area contributed by atoms with Gasteiger partial charge in [-0.05, 0) is 355 Å². The fourth-order valence-corrected chi connectivity index (χ4v) is 105. The molecule has 0 aromatic rings. The Bertz CT molecular complexity index is 2570. The van der Waals surface area contributed by atoms with Crippen LogP contribution in [0.1, 0.15) is 19.8 Å². The Morgan fingerprint density at radius 2 is 0.450 bits per heavy atom. The first-order valence-electron chi connectivity index (χ1n) is 41.6. The van der Waals surface area contributed by atoms with Crippen molar-refractivity contribution in [1.82, 2.24) is 0 Å². The van der Waals surface area contributed by atoms with E-state index in [0.717, 1.165) is 60.4 Å². The second kappa shape index (κ2) is 47.4. The molecule has 0 spiro atoms. The van der Waals surface area contributed by atoms with Gasteiger partial charge in [0.05, 0.1) is 13.2 Å². The summed E-state index contributed by atoms with van der Waals surface area (Å²) in [6.07, 6.45) is 2.42. The summed E-state index contributed by atoms with van der Waals surface area (Å²) in [6.45, 7) is 105. The molecule has 0 bridgehead atoms. The highest BCUT2D eigenvalue weighted by Crippen LogP contribution is 2.41. The maximum Gasteiger partial charge on any atom is 0.469 e. The molecule has 0 aromatic carbocycles.